The van der Waals surface area contributed by atoms with E-state index in [-0.39, 0.29) is 0 Å². The van der Waals surface area contributed by atoms with Gasteiger partial charge in [-0.25, -0.2) is 0 Å². The van der Waals surface area contributed by atoms with Crippen molar-refractivity contribution in [1.29, 1.82) is 5.53 Å². The Balaban J connectivity index is 4.03. The third-order valence-corrected chi connectivity index (χ3v) is 1.62. The van der Waals surface area contributed by atoms with Crippen molar-refractivity contribution in [2.24, 2.45) is 220 Å². The van der Waals surface area contributed by atoms with Crippen molar-refractivity contribution in [3.8, 4) is 0 Å². The van der Waals surface area contributed by atoms with Gasteiger partial charge in [0.1, 0.15) is 0 Å². The van der Waals surface area contributed by atoms with Crippen LogP contribution in [-0.4, -0.2) is 0 Å². The fourth-order valence-electron chi connectivity index (χ4n) is 0.705. The van der Waals surface area contributed by atoms with Gasteiger partial charge in [0.05, 0.1) is 0 Å². The summed E-state index contributed by atoms with van der Waals surface area (Å²) in [6, 6.07) is 0. The summed E-state index contributed by atoms with van der Waals surface area (Å²) in [7, 11) is 0. The van der Waals surface area contributed by atoms with Crippen LogP contribution in [-0.2, 0) is 0 Å². The van der Waals surface area contributed by atoms with Crippen LogP contribution in [0.3, 0.4) is 0 Å². The molecular formula is H3N43. The van der Waals surface area contributed by atoms with Gasteiger partial charge in [0.25, 0.3) is 0 Å². The van der Waals surface area contributed by atoms with Gasteiger partial charge in [0.2, 0.25) is 0 Å². The lowest BCUT2D eigenvalue weighted by Crippen LogP contribution is -1.70. The lowest BCUT2D eigenvalue weighted by molar-refractivity contribution is 0.726. The molecule has 3 N–H and O–H groups in total. The molecule has 0 bridgehead atoms. The lowest BCUT2D eigenvalue weighted by Gasteiger charge is -1.70. The van der Waals surface area contributed by atoms with Crippen LogP contribution < -0.4 is 5.84 Å². The number of nitrogens with two attached hydrogens (primary N) is 1. The summed E-state index contributed by atoms with van der Waals surface area (Å²) in [6.07, 6.45) is 0. The lowest BCUT2D eigenvalue weighted by atomic mass is 12.3. The van der Waals surface area contributed by atoms with Crippen LogP contribution in [0.4, 0.5) is 0 Å². The molecule has 0 spiro atoms. The van der Waals surface area contributed by atoms with E-state index in [0.717, 1.165) is 0 Å². The van der Waals surface area contributed by atoms with Crippen LogP contribution in [0.5, 0.6) is 0 Å². The van der Waals surface area contributed by atoms with Crippen LogP contribution in [0.15, 0.2) is 214 Å². The molecule has 43 heteroatoms. The Morgan fingerprint density at radius 3 is 0.419 bits per heavy atom. The molecule has 0 aromatic heterocycles. The van der Waals surface area contributed by atoms with Crippen LogP contribution in [0.1, 0.15) is 0 Å². The summed E-state index contributed by atoms with van der Waals surface area (Å²) in [5.41, 5.74) is 6.24. The zero-order valence-electron chi connectivity index (χ0n) is 19.4. The van der Waals surface area contributed by atoms with Crippen molar-refractivity contribution in [2.75, 3.05) is 0 Å². The molecule has 0 aliphatic rings. The second kappa shape index (κ2) is 33.4. The highest BCUT2D eigenvalue weighted by Crippen LogP contribution is 1.92. The summed E-state index contributed by atoms with van der Waals surface area (Å²) >= 11 is 0. The molecule has 0 atom stereocenters. The minimum Gasteiger partial charge on any atom is -0.303 e. The number of hydrogen-bond donors (Lipinski definition) is 2. The van der Waals surface area contributed by atoms with Crippen molar-refractivity contribution in [1.82, 2.24) is 0 Å². The largest absolute Gasteiger partial charge is 0.303 e. The van der Waals surface area contributed by atoms with Crippen LogP contribution >= 0.6 is 0 Å². The molecule has 0 aromatic carbocycles. The number of rotatable bonds is 20. The maximum absolute atomic E-state index is 6.24. The third kappa shape index (κ3) is 33.4. The average molecular weight is 605 g/mol. The molecule has 0 saturated carbocycles. The van der Waals surface area contributed by atoms with E-state index in [2.05, 4.69) is 220 Å². The Bertz CT molecular complexity index is 1300. The fourth-order valence-corrected chi connectivity index (χ4v) is 0.705. The molecular weight excluding hydrogens is 602 g/mol. The quantitative estimate of drug-likeness (QED) is 0.0808. The van der Waals surface area contributed by atoms with E-state index in [9.17, 15) is 0 Å². The van der Waals surface area contributed by atoms with Gasteiger partial charge in [-0.1, -0.05) is 5.22 Å². The Morgan fingerprint density at radius 2 is 0.302 bits per heavy atom. The molecule has 0 aliphatic heterocycles. The highest BCUT2D eigenvalue weighted by atomic mass is 15.7. The van der Waals surface area contributed by atoms with Gasteiger partial charge < -0.3 is 5.84 Å². The topological polar surface area (TPSA) is 557 Å². The van der Waals surface area contributed by atoms with Gasteiger partial charge in [-0.05, 0) is 78.3 Å². The molecule has 0 unspecified atom stereocenters. The van der Waals surface area contributed by atoms with E-state index >= 15 is 0 Å². The van der Waals surface area contributed by atoms with Gasteiger partial charge in [0.15, 0.2) is 0 Å². The van der Waals surface area contributed by atoms with Crippen molar-refractivity contribution in [2.45, 2.75) is 0 Å². The van der Waals surface area contributed by atoms with Crippen molar-refractivity contribution >= 4 is 0 Å². The predicted octanol–water partition coefficient (Wildman–Crippen LogP) is 7.24. The zero-order valence-corrected chi connectivity index (χ0v) is 19.4. The SMILES string of the molecule is N=N/N=N/N=N/N=N/N=N/N=N/N=N/N=N/N=N/N=N/N=N/N=N/N=N/N=N/N=N/N=N/N=N/N=N/N=N/N=N/N=N/N. The summed E-state index contributed by atoms with van der Waals surface area (Å²) in [5.74, 6) is 4.62. The summed E-state index contributed by atoms with van der Waals surface area (Å²) in [4.78, 5) is 0. The number of nitrogens with one attached hydrogen (secondary N) is 1. The molecule has 0 rings (SSSR count). The van der Waals surface area contributed by atoms with Gasteiger partial charge >= 0.3 is 0 Å². The van der Waals surface area contributed by atoms with E-state index in [4.69, 9.17) is 5.53 Å². The Kier molecular flexibility index (Phi) is 26.7. The highest BCUT2D eigenvalue weighted by molar-refractivity contribution is 4.17. The smallest absolute Gasteiger partial charge is 0 e. The molecule has 218 valence electrons. The monoisotopic (exact) mass is 605 g/mol. The molecule has 0 radical (unpaired) electrons. The molecule has 43 heavy (non-hydrogen) atoms. The number of hydrogen-bond acceptors (Lipinski definition) is 2. The first-order chi connectivity index (χ1) is 21.4. The first-order valence-electron chi connectivity index (χ1n) is 8.48. The maximum atomic E-state index is 6.24. The van der Waals surface area contributed by atoms with Crippen LogP contribution in [0, 0.1) is 5.53 Å². The van der Waals surface area contributed by atoms with Crippen molar-refractivity contribution in [3.05, 3.63) is 0 Å². The first kappa shape index (κ1) is 34.4. The minimum absolute atomic E-state index is 2.50. The van der Waals surface area contributed by atoms with E-state index in [1.165, 1.54) is 0 Å². The number of nitrogens with zero attached hydrogens (tertiary/aromatic N) is 41. The van der Waals surface area contributed by atoms with Gasteiger partial charge in [-0.15, -0.1) is 0 Å². The molecule has 0 heterocycles. The van der Waals surface area contributed by atoms with Gasteiger partial charge in [-0.2, -0.15) is 5.53 Å². The minimum atomic E-state index is 2.50. The van der Waals surface area contributed by atoms with Crippen LogP contribution in [0.2, 0.25) is 0 Å². The highest BCUT2D eigenvalue weighted by Gasteiger charge is 1.74. The summed E-state index contributed by atoms with van der Waals surface area (Å²) in [5, 5.41) is 121. The summed E-state index contributed by atoms with van der Waals surface area (Å²) in [6.45, 7) is 0. The predicted molar refractivity (Wildman–Crippen MR) is 106 cm³/mol. The van der Waals surface area contributed by atoms with E-state index in [1.807, 2.05) is 0 Å². The Labute approximate surface area is 226 Å². The average Bonchev–Trinajstić information content (AvgIpc) is 3.02. The van der Waals surface area contributed by atoms with E-state index in [0.29, 0.717) is 0 Å². The molecule has 0 aromatic rings. The fraction of sp³-hybridized carbons (Fsp3) is 0. The van der Waals surface area contributed by atoms with Gasteiger partial charge in [0, 0.05) is 131 Å². The second-order valence-corrected chi connectivity index (χ2v) is 3.70. The second-order valence-electron chi connectivity index (χ2n) is 3.70. The third-order valence-electron chi connectivity index (χ3n) is 1.62. The van der Waals surface area contributed by atoms with Gasteiger partial charge in [-0.3, -0.25) is 0 Å². The van der Waals surface area contributed by atoms with Crippen LogP contribution in [0.25, 0.3) is 0 Å². The Hall–Kier alpha value is -8.60. The molecule has 0 saturated heterocycles. The summed E-state index contributed by atoms with van der Waals surface area (Å²) < 4.78 is 0. The molecule has 0 aliphatic carbocycles. The standard InChI is InChI=1S/H3N43/c1-3-5-7-9-11-13-15-17-19-21-23-25-27-29-31-33-35-37-39-41-43-42-40-38-36-34-32-30-28-26-24-22-20-18-16-14-12-10-8-6-4-2/h(H3,1,2,5,6,9,10,13,14,17,18,21,22,25,26,29,30,33,34,37,38,41,42). The zero-order chi connectivity index (χ0) is 31.0. The maximum Gasteiger partial charge on any atom is 0 e. The molecule has 0 amide bonds. The van der Waals surface area contributed by atoms with E-state index < -0.39 is 0 Å². The van der Waals surface area contributed by atoms with Crippen molar-refractivity contribution in [3.63, 3.8) is 0 Å². The Morgan fingerprint density at radius 1 is 0.186 bits per heavy atom. The van der Waals surface area contributed by atoms with Crippen molar-refractivity contribution < 1.29 is 0 Å². The normalized spacial score (nSPS) is 15.2. The van der Waals surface area contributed by atoms with E-state index in [1.54, 1.807) is 0 Å². The molecule has 43 nitrogen and oxygen atoms in total. The first-order valence-corrected chi connectivity index (χ1v) is 8.48. The molecule has 0 fully saturated rings.